The zero-order valence-corrected chi connectivity index (χ0v) is 22.5. The Morgan fingerprint density at radius 3 is 2.50 bits per heavy atom. The number of amides is 1. The van der Waals surface area contributed by atoms with Gasteiger partial charge in [-0.3, -0.25) is 4.79 Å². The molecule has 1 N–H and O–H groups in total. The minimum atomic E-state index is -0.183. The van der Waals surface area contributed by atoms with Crippen LogP contribution in [0.4, 0.5) is 0 Å². The van der Waals surface area contributed by atoms with E-state index in [4.69, 9.17) is 9.47 Å². The molecular formula is C29H42N4O3. The third-order valence-electron chi connectivity index (χ3n) is 7.60. The van der Waals surface area contributed by atoms with Gasteiger partial charge in [-0.25, -0.2) is 9.97 Å². The first-order chi connectivity index (χ1) is 17.3. The average molecular weight is 495 g/mol. The topological polar surface area (TPSA) is 76.6 Å². The number of hydrogen-bond acceptors (Lipinski definition) is 6. The van der Waals surface area contributed by atoms with Crippen molar-refractivity contribution >= 4 is 5.91 Å². The maximum atomic E-state index is 13.3. The molecule has 36 heavy (non-hydrogen) atoms. The molecule has 0 bridgehead atoms. The van der Waals surface area contributed by atoms with E-state index in [0.717, 1.165) is 69.5 Å². The molecule has 0 radical (unpaired) electrons. The molecule has 2 unspecified atom stereocenters. The maximum Gasteiger partial charge on any atom is 0.272 e. The van der Waals surface area contributed by atoms with E-state index in [9.17, 15) is 4.79 Å². The van der Waals surface area contributed by atoms with Crippen LogP contribution >= 0.6 is 0 Å². The fraction of sp³-hybridized carbons (Fsp3) is 0.621. The summed E-state index contributed by atoms with van der Waals surface area (Å²) in [6.45, 7) is 10.9. The molecule has 3 heterocycles. The second-order valence-corrected chi connectivity index (χ2v) is 11.2. The summed E-state index contributed by atoms with van der Waals surface area (Å²) in [4.78, 5) is 24.2. The van der Waals surface area contributed by atoms with Gasteiger partial charge in [-0.15, -0.1) is 0 Å². The standard InChI is InChI=1S/C29H42N4O3/c1-20-24(13-10-21-8-11-22(12-9-21)29(2,3)4)30-19-31-26(20)27(34)33-16-14-23(15-17-33)32-25-7-6-18-36-28(25)35-5/h8-9,11-12,19,23,25,28,32H,6-7,10,13-18H2,1-5H3. The number of carbonyl (C=O) groups is 1. The van der Waals surface area contributed by atoms with E-state index in [2.05, 4.69) is 60.3 Å². The highest BCUT2D eigenvalue weighted by atomic mass is 16.7. The van der Waals surface area contributed by atoms with Crippen molar-refractivity contribution < 1.29 is 14.3 Å². The lowest BCUT2D eigenvalue weighted by Crippen LogP contribution is -2.53. The van der Waals surface area contributed by atoms with Crippen LogP contribution in [0, 0.1) is 6.92 Å². The number of likely N-dealkylation sites (tertiary alicyclic amines) is 1. The van der Waals surface area contributed by atoms with Gasteiger partial charge >= 0.3 is 0 Å². The third-order valence-corrected chi connectivity index (χ3v) is 7.60. The van der Waals surface area contributed by atoms with Gasteiger partial charge in [0.05, 0.1) is 6.04 Å². The van der Waals surface area contributed by atoms with Crippen LogP contribution < -0.4 is 5.32 Å². The highest BCUT2D eigenvalue weighted by molar-refractivity contribution is 5.93. The van der Waals surface area contributed by atoms with E-state index in [1.807, 2.05) is 11.8 Å². The molecule has 2 atom stereocenters. The number of ether oxygens (including phenoxy) is 2. The Morgan fingerprint density at radius 1 is 1.11 bits per heavy atom. The van der Waals surface area contributed by atoms with E-state index >= 15 is 0 Å². The van der Waals surface area contributed by atoms with Gasteiger partial charge in [0.2, 0.25) is 0 Å². The molecule has 4 rings (SSSR count). The summed E-state index contributed by atoms with van der Waals surface area (Å²) in [5.74, 6) is 0.0138. The summed E-state index contributed by atoms with van der Waals surface area (Å²) >= 11 is 0. The molecule has 7 nitrogen and oxygen atoms in total. The number of methoxy groups -OCH3 is 1. The Balaban J connectivity index is 1.32. The molecular weight excluding hydrogens is 452 g/mol. The van der Waals surface area contributed by atoms with E-state index in [0.29, 0.717) is 11.7 Å². The summed E-state index contributed by atoms with van der Waals surface area (Å²) in [5.41, 5.74) is 5.15. The van der Waals surface area contributed by atoms with E-state index < -0.39 is 0 Å². The molecule has 2 aliphatic rings. The van der Waals surface area contributed by atoms with Gasteiger partial charge in [0.15, 0.2) is 6.29 Å². The monoisotopic (exact) mass is 494 g/mol. The van der Waals surface area contributed by atoms with Crippen molar-refractivity contribution in [1.82, 2.24) is 20.2 Å². The van der Waals surface area contributed by atoms with Crippen LogP contribution in [0.1, 0.15) is 79.3 Å². The number of benzene rings is 1. The van der Waals surface area contributed by atoms with Crippen molar-refractivity contribution in [2.45, 2.75) is 90.0 Å². The van der Waals surface area contributed by atoms with Crippen LogP contribution in [0.15, 0.2) is 30.6 Å². The van der Waals surface area contributed by atoms with Crippen molar-refractivity contribution in [2.75, 3.05) is 26.8 Å². The van der Waals surface area contributed by atoms with E-state index in [1.54, 1.807) is 13.4 Å². The second kappa shape index (κ2) is 11.8. The highest BCUT2D eigenvalue weighted by Gasteiger charge is 2.31. The summed E-state index contributed by atoms with van der Waals surface area (Å²) in [6, 6.07) is 9.42. The van der Waals surface area contributed by atoms with Gasteiger partial charge in [0.1, 0.15) is 12.0 Å². The number of aryl methyl sites for hydroxylation is 2. The third kappa shape index (κ3) is 6.50. The molecule has 1 aromatic carbocycles. The Hall–Kier alpha value is -2.35. The molecule has 0 saturated carbocycles. The second-order valence-electron chi connectivity index (χ2n) is 11.2. The smallest absolute Gasteiger partial charge is 0.272 e. The lowest BCUT2D eigenvalue weighted by Gasteiger charge is -2.38. The number of rotatable bonds is 7. The van der Waals surface area contributed by atoms with Crippen LogP contribution in [0.2, 0.25) is 0 Å². The van der Waals surface area contributed by atoms with Crippen molar-refractivity contribution in [3.63, 3.8) is 0 Å². The van der Waals surface area contributed by atoms with Crippen molar-refractivity contribution in [1.29, 1.82) is 0 Å². The van der Waals surface area contributed by atoms with Crippen LogP contribution in [-0.4, -0.2) is 66.0 Å². The minimum absolute atomic E-state index is 0.0138. The zero-order chi connectivity index (χ0) is 25.7. The van der Waals surface area contributed by atoms with Gasteiger partial charge in [0.25, 0.3) is 5.91 Å². The molecule has 196 valence electrons. The highest BCUT2D eigenvalue weighted by Crippen LogP contribution is 2.23. The number of nitrogens with one attached hydrogen (secondary N) is 1. The Bertz CT molecular complexity index is 1010. The number of piperidine rings is 1. The SMILES string of the molecule is COC1OCCCC1NC1CCN(C(=O)c2ncnc(CCc3ccc(C(C)(C)C)cc3)c2C)CC1. The molecule has 0 aliphatic carbocycles. The molecule has 2 aromatic rings. The molecule has 2 aliphatic heterocycles. The lowest BCUT2D eigenvalue weighted by atomic mass is 9.86. The molecule has 1 amide bonds. The van der Waals surface area contributed by atoms with E-state index in [1.165, 1.54) is 11.1 Å². The Kier molecular flexibility index (Phi) is 8.75. The fourth-order valence-corrected chi connectivity index (χ4v) is 5.24. The normalized spacial score (nSPS) is 21.5. The zero-order valence-electron chi connectivity index (χ0n) is 22.5. The van der Waals surface area contributed by atoms with Gasteiger partial charge in [-0.2, -0.15) is 0 Å². The van der Waals surface area contributed by atoms with Gasteiger partial charge in [-0.1, -0.05) is 45.0 Å². The van der Waals surface area contributed by atoms with Crippen LogP contribution in [0.25, 0.3) is 0 Å². The number of hydrogen-bond donors (Lipinski definition) is 1. The molecule has 1 aromatic heterocycles. The molecule has 0 spiro atoms. The van der Waals surface area contributed by atoms with Gasteiger partial charge in [-0.05, 0) is 62.0 Å². The number of carbonyl (C=O) groups excluding carboxylic acids is 1. The van der Waals surface area contributed by atoms with Gasteiger partial charge in [0, 0.05) is 44.1 Å². The summed E-state index contributed by atoms with van der Waals surface area (Å²) in [5, 5.41) is 3.71. The van der Waals surface area contributed by atoms with Gasteiger partial charge < -0.3 is 19.7 Å². The van der Waals surface area contributed by atoms with Crippen molar-refractivity contribution in [3.8, 4) is 0 Å². The van der Waals surface area contributed by atoms with Crippen LogP contribution in [0.5, 0.6) is 0 Å². The quantitative estimate of drug-likeness (QED) is 0.621. The summed E-state index contributed by atoms with van der Waals surface area (Å²) in [7, 11) is 1.70. The first-order valence-electron chi connectivity index (χ1n) is 13.4. The number of aromatic nitrogens is 2. The lowest BCUT2D eigenvalue weighted by molar-refractivity contribution is -0.164. The Labute approximate surface area is 216 Å². The number of nitrogens with zero attached hydrogens (tertiary/aromatic N) is 3. The van der Waals surface area contributed by atoms with Crippen molar-refractivity contribution in [2.24, 2.45) is 0 Å². The summed E-state index contributed by atoms with van der Waals surface area (Å²) < 4.78 is 11.2. The minimum Gasteiger partial charge on any atom is -0.354 e. The van der Waals surface area contributed by atoms with E-state index in [-0.39, 0.29) is 23.7 Å². The average Bonchev–Trinajstić information content (AvgIpc) is 2.88. The van der Waals surface area contributed by atoms with Crippen LogP contribution in [0.3, 0.4) is 0 Å². The predicted octanol–water partition coefficient (Wildman–Crippen LogP) is 4.21. The largest absolute Gasteiger partial charge is 0.354 e. The first kappa shape index (κ1) is 26.7. The van der Waals surface area contributed by atoms with Crippen LogP contribution in [-0.2, 0) is 27.7 Å². The Morgan fingerprint density at radius 2 is 1.83 bits per heavy atom. The molecule has 2 saturated heterocycles. The molecule has 2 fully saturated rings. The predicted molar refractivity (Wildman–Crippen MR) is 141 cm³/mol. The fourth-order valence-electron chi connectivity index (χ4n) is 5.24. The first-order valence-corrected chi connectivity index (χ1v) is 13.4. The summed E-state index contributed by atoms with van der Waals surface area (Å²) in [6.07, 6.45) is 6.98. The molecule has 7 heteroatoms. The maximum absolute atomic E-state index is 13.3. The van der Waals surface area contributed by atoms with Crippen molar-refractivity contribution in [3.05, 3.63) is 58.7 Å².